The molecule has 0 spiro atoms. The zero-order chi connectivity index (χ0) is 51.1. The minimum absolute atomic E-state index is 0.00719. The SMILES string of the molecule is CC(C)(C)c1ccc(-c2cc(-c3ccc(C(C)(C)C)cc3C(C)(C)C)c(-c3ccc(C(C)(C)C)cc3C(C)(C)C)c(-c3ccccc3)c2-c2ccc(C(C)(C)C)cc2C(C)(C)C)c(C(C)(C)C)c1. The third kappa shape index (κ3) is 10.9. The maximum atomic E-state index is 2.65. The molecule has 0 atom stereocenters. The van der Waals surface area contributed by atoms with Gasteiger partial charge in [0.15, 0.2) is 0 Å². The molecule has 6 rings (SSSR count). The van der Waals surface area contributed by atoms with Gasteiger partial charge in [0.2, 0.25) is 0 Å². The van der Waals surface area contributed by atoms with E-state index in [1.54, 1.807) is 0 Å². The minimum atomic E-state index is -0.156. The molecule has 0 fully saturated rings. The first-order chi connectivity index (χ1) is 30.8. The van der Waals surface area contributed by atoms with Crippen LogP contribution in [0.15, 0.2) is 109 Å². The monoisotopic (exact) mass is 907 g/mol. The predicted molar refractivity (Wildman–Crippen MR) is 303 cm³/mol. The maximum Gasteiger partial charge on any atom is -0.00141 e. The van der Waals surface area contributed by atoms with Gasteiger partial charge in [0.25, 0.3) is 0 Å². The molecule has 0 saturated heterocycles. The molecular weight excluding hydrogens is 817 g/mol. The van der Waals surface area contributed by atoms with Crippen molar-refractivity contribution in [2.45, 2.75) is 209 Å². The summed E-state index contributed by atoms with van der Waals surface area (Å²) < 4.78 is 0. The van der Waals surface area contributed by atoms with Gasteiger partial charge in [-0.2, -0.15) is 0 Å². The Bertz CT molecular complexity index is 2620. The van der Waals surface area contributed by atoms with Crippen molar-refractivity contribution in [1.82, 2.24) is 0 Å². The van der Waals surface area contributed by atoms with Crippen LogP contribution >= 0.6 is 0 Å². The summed E-state index contributed by atoms with van der Waals surface area (Å²) in [6.45, 7) is 57.0. The summed E-state index contributed by atoms with van der Waals surface area (Å²) in [5, 5.41) is 0. The summed E-state index contributed by atoms with van der Waals surface area (Å²) in [7, 11) is 0. The molecule has 0 aliphatic carbocycles. The largest absolute Gasteiger partial charge is 0.0622 e. The van der Waals surface area contributed by atoms with Crippen molar-refractivity contribution in [3.63, 3.8) is 0 Å². The smallest absolute Gasteiger partial charge is 0.00141 e. The summed E-state index contributed by atoms with van der Waals surface area (Å²) in [4.78, 5) is 0. The molecule has 0 aromatic heterocycles. The van der Waals surface area contributed by atoms with E-state index in [1.807, 2.05) is 0 Å². The van der Waals surface area contributed by atoms with E-state index >= 15 is 0 Å². The van der Waals surface area contributed by atoms with Crippen LogP contribution in [0.4, 0.5) is 0 Å². The highest BCUT2D eigenvalue weighted by Gasteiger charge is 2.35. The topological polar surface area (TPSA) is 0 Å². The highest BCUT2D eigenvalue weighted by molar-refractivity contribution is 6.09. The number of hydrogen-bond acceptors (Lipinski definition) is 0. The van der Waals surface area contributed by atoms with Crippen LogP contribution < -0.4 is 0 Å². The van der Waals surface area contributed by atoms with Gasteiger partial charge in [-0.3, -0.25) is 0 Å². The van der Waals surface area contributed by atoms with Gasteiger partial charge in [0, 0.05) is 0 Å². The van der Waals surface area contributed by atoms with Crippen LogP contribution in [-0.2, 0) is 43.3 Å². The molecule has 362 valence electrons. The van der Waals surface area contributed by atoms with Gasteiger partial charge in [0.05, 0.1) is 0 Å². The van der Waals surface area contributed by atoms with Crippen molar-refractivity contribution in [3.05, 3.63) is 154 Å². The molecular formula is C68H90. The summed E-state index contributed by atoms with van der Waals surface area (Å²) >= 11 is 0. The van der Waals surface area contributed by atoms with Crippen LogP contribution in [0.3, 0.4) is 0 Å². The number of rotatable bonds is 5. The second kappa shape index (κ2) is 17.6. The molecule has 0 heterocycles. The van der Waals surface area contributed by atoms with Crippen molar-refractivity contribution in [1.29, 1.82) is 0 Å². The normalized spacial score (nSPS) is 13.6. The van der Waals surface area contributed by atoms with E-state index in [9.17, 15) is 0 Å². The van der Waals surface area contributed by atoms with Crippen LogP contribution in [0.1, 0.15) is 211 Å². The number of hydrogen-bond donors (Lipinski definition) is 0. The fourth-order valence-corrected chi connectivity index (χ4v) is 9.99. The second-order valence-electron chi connectivity index (χ2n) is 28.5. The minimum Gasteiger partial charge on any atom is -0.0622 e. The average Bonchev–Trinajstić information content (AvgIpc) is 3.19. The van der Waals surface area contributed by atoms with E-state index < -0.39 is 0 Å². The molecule has 0 saturated carbocycles. The van der Waals surface area contributed by atoms with Gasteiger partial charge in [-0.1, -0.05) is 269 Å². The van der Waals surface area contributed by atoms with E-state index in [1.165, 1.54) is 100 Å². The first-order valence-corrected chi connectivity index (χ1v) is 25.7. The highest BCUT2D eigenvalue weighted by atomic mass is 14.4. The van der Waals surface area contributed by atoms with E-state index in [-0.39, 0.29) is 43.3 Å². The number of benzene rings is 6. The van der Waals surface area contributed by atoms with E-state index in [4.69, 9.17) is 0 Å². The van der Waals surface area contributed by atoms with Crippen molar-refractivity contribution in [2.75, 3.05) is 0 Å². The van der Waals surface area contributed by atoms with Gasteiger partial charge >= 0.3 is 0 Å². The lowest BCUT2D eigenvalue weighted by atomic mass is 9.69. The van der Waals surface area contributed by atoms with Crippen molar-refractivity contribution < 1.29 is 0 Å². The molecule has 0 radical (unpaired) electrons. The van der Waals surface area contributed by atoms with Crippen molar-refractivity contribution in [2.24, 2.45) is 0 Å². The van der Waals surface area contributed by atoms with Gasteiger partial charge in [0.1, 0.15) is 0 Å². The molecule has 6 aromatic carbocycles. The Labute approximate surface area is 416 Å². The van der Waals surface area contributed by atoms with Crippen LogP contribution in [0.5, 0.6) is 0 Å². The molecule has 0 unspecified atom stereocenters. The Morgan fingerprint density at radius 3 is 0.706 bits per heavy atom. The highest BCUT2D eigenvalue weighted by Crippen LogP contribution is 2.56. The maximum absolute atomic E-state index is 2.65. The molecule has 0 bridgehead atoms. The van der Waals surface area contributed by atoms with Gasteiger partial charge < -0.3 is 0 Å². The fraction of sp³-hybridized carbons (Fsp3) is 0.471. The first-order valence-electron chi connectivity index (χ1n) is 25.7. The van der Waals surface area contributed by atoms with Gasteiger partial charge in [-0.05, 0) is 150 Å². The van der Waals surface area contributed by atoms with Crippen LogP contribution in [0.2, 0.25) is 0 Å². The molecule has 0 amide bonds. The molecule has 68 heavy (non-hydrogen) atoms. The molecule has 0 N–H and O–H groups in total. The Morgan fingerprint density at radius 2 is 0.456 bits per heavy atom. The lowest BCUT2D eigenvalue weighted by Gasteiger charge is -2.35. The zero-order valence-electron chi connectivity index (χ0n) is 47.4. The Balaban J connectivity index is 2.09. The third-order valence-corrected chi connectivity index (χ3v) is 14.3. The second-order valence-corrected chi connectivity index (χ2v) is 28.5. The van der Waals surface area contributed by atoms with Gasteiger partial charge in [-0.25, -0.2) is 0 Å². The van der Waals surface area contributed by atoms with Crippen LogP contribution in [0.25, 0.3) is 55.6 Å². The van der Waals surface area contributed by atoms with Crippen molar-refractivity contribution in [3.8, 4) is 55.6 Å². The van der Waals surface area contributed by atoms with E-state index in [0.29, 0.717) is 0 Å². The van der Waals surface area contributed by atoms with Crippen LogP contribution in [-0.4, -0.2) is 0 Å². The summed E-state index contributed by atoms with van der Waals surface area (Å²) in [5.74, 6) is 0. The van der Waals surface area contributed by atoms with Crippen molar-refractivity contribution >= 4 is 0 Å². The summed E-state index contributed by atoms with van der Waals surface area (Å²) in [5.41, 5.74) is 23.2. The quantitative estimate of drug-likeness (QED) is 0.162. The van der Waals surface area contributed by atoms with E-state index in [2.05, 4.69) is 275 Å². The first kappa shape index (κ1) is 52.7. The summed E-state index contributed by atoms with van der Waals surface area (Å²) in [6.07, 6.45) is 0. The Morgan fingerprint density at radius 1 is 0.206 bits per heavy atom. The Kier molecular flexibility index (Phi) is 13.7. The lowest BCUT2D eigenvalue weighted by molar-refractivity contribution is 0.568. The molecule has 0 aliphatic heterocycles. The lowest BCUT2D eigenvalue weighted by Crippen LogP contribution is -2.20. The standard InChI is InChI=1S/C68H90/c1-61(2,3)44-30-34-48(54(38-44)65(13,14)15)52-42-53(49-35-31-45(62(4,5)6)39-55(49)66(16,17)18)60(51-37-33-47(64(10,11)12)41-57(51)68(22,23)24)58(43-28-26-25-27-29-43)59(52)50-36-32-46(63(7,8)9)40-56(50)67(19,20)21/h25-42H,1-24H3. The third-order valence-electron chi connectivity index (χ3n) is 14.3. The van der Waals surface area contributed by atoms with Crippen LogP contribution in [0, 0.1) is 0 Å². The predicted octanol–water partition coefficient (Wildman–Crippen LogP) is 20.4. The molecule has 0 heteroatoms. The Hall–Kier alpha value is -4.68. The average molecular weight is 907 g/mol. The summed E-state index contributed by atoms with van der Waals surface area (Å²) in [6, 6.07) is 43.8. The zero-order valence-corrected chi connectivity index (χ0v) is 47.4. The molecule has 0 aliphatic rings. The van der Waals surface area contributed by atoms with E-state index in [0.717, 1.165) is 0 Å². The molecule has 6 aromatic rings. The molecule has 0 nitrogen and oxygen atoms in total. The van der Waals surface area contributed by atoms with Gasteiger partial charge in [-0.15, -0.1) is 0 Å². The fourth-order valence-electron chi connectivity index (χ4n) is 9.99.